The summed E-state index contributed by atoms with van der Waals surface area (Å²) in [4.78, 5) is 15.6. The molecule has 1 aliphatic carbocycles. The third kappa shape index (κ3) is 1.94. The van der Waals surface area contributed by atoms with E-state index in [4.69, 9.17) is 4.74 Å². The average Bonchev–Trinajstić information content (AvgIpc) is 3.11. The van der Waals surface area contributed by atoms with Gasteiger partial charge in [0.25, 0.3) is 0 Å². The van der Waals surface area contributed by atoms with Gasteiger partial charge in [0.1, 0.15) is 0 Å². The number of pyridine rings is 1. The van der Waals surface area contributed by atoms with Gasteiger partial charge in [-0.15, -0.1) is 0 Å². The van der Waals surface area contributed by atoms with Crippen LogP contribution in [0.25, 0.3) is 0 Å². The van der Waals surface area contributed by atoms with Crippen LogP contribution in [0.5, 0.6) is 0 Å². The first-order chi connectivity index (χ1) is 7.69. The Morgan fingerprint density at radius 2 is 2.31 bits per heavy atom. The Labute approximate surface area is 95.8 Å². The summed E-state index contributed by atoms with van der Waals surface area (Å²) in [6, 6.07) is 5.77. The van der Waals surface area contributed by atoms with E-state index in [1.54, 1.807) is 6.20 Å². The molecule has 1 atom stereocenters. The molecule has 1 aromatic heterocycles. The van der Waals surface area contributed by atoms with Crippen LogP contribution in [0.1, 0.15) is 38.8 Å². The van der Waals surface area contributed by atoms with Crippen molar-refractivity contribution in [1.29, 1.82) is 0 Å². The molecule has 0 N–H and O–H groups in total. The molecule has 1 fully saturated rings. The standard InChI is InChI=1S/C13H17NO2/c1-3-13(11-7-8-11,16-10(2)15)12-6-4-5-9-14-12/h4-6,9,11H,3,7-8H2,1-2H3. The second-order valence-corrected chi connectivity index (χ2v) is 4.33. The molecule has 0 amide bonds. The third-order valence-electron chi connectivity index (χ3n) is 3.19. The molecule has 0 aliphatic heterocycles. The summed E-state index contributed by atoms with van der Waals surface area (Å²) in [7, 11) is 0. The molecule has 1 aliphatic rings. The Kier molecular flexibility index (Phi) is 2.95. The van der Waals surface area contributed by atoms with E-state index in [-0.39, 0.29) is 5.97 Å². The van der Waals surface area contributed by atoms with Crippen LogP contribution in [0, 0.1) is 5.92 Å². The van der Waals surface area contributed by atoms with E-state index in [9.17, 15) is 4.79 Å². The van der Waals surface area contributed by atoms with Crippen molar-refractivity contribution in [2.45, 2.75) is 38.7 Å². The highest BCUT2D eigenvalue weighted by molar-refractivity contribution is 5.66. The van der Waals surface area contributed by atoms with Gasteiger partial charge in [-0.2, -0.15) is 0 Å². The largest absolute Gasteiger partial charge is 0.452 e. The van der Waals surface area contributed by atoms with Gasteiger partial charge in [-0.25, -0.2) is 0 Å². The molecule has 0 bridgehead atoms. The van der Waals surface area contributed by atoms with Crippen molar-refractivity contribution in [2.75, 3.05) is 0 Å². The van der Waals surface area contributed by atoms with Crippen molar-refractivity contribution >= 4 is 5.97 Å². The zero-order chi connectivity index (χ0) is 11.6. The normalized spacial score (nSPS) is 18.9. The highest BCUT2D eigenvalue weighted by Gasteiger charge is 2.49. The van der Waals surface area contributed by atoms with E-state index < -0.39 is 5.60 Å². The molecular weight excluding hydrogens is 202 g/mol. The van der Waals surface area contributed by atoms with Gasteiger partial charge in [0.15, 0.2) is 5.60 Å². The number of carbonyl (C=O) groups is 1. The fraction of sp³-hybridized carbons (Fsp3) is 0.538. The van der Waals surface area contributed by atoms with Crippen molar-refractivity contribution < 1.29 is 9.53 Å². The topological polar surface area (TPSA) is 39.2 Å². The Bertz CT molecular complexity index is 373. The van der Waals surface area contributed by atoms with E-state index in [1.165, 1.54) is 6.92 Å². The van der Waals surface area contributed by atoms with Gasteiger partial charge in [-0.3, -0.25) is 9.78 Å². The lowest BCUT2D eigenvalue weighted by Gasteiger charge is -2.31. The number of esters is 1. The summed E-state index contributed by atoms with van der Waals surface area (Å²) >= 11 is 0. The molecule has 1 saturated carbocycles. The number of aromatic nitrogens is 1. The molecule has 0 aromatic carbocycles. The zero-order valence-corrected chi connectivity index (χ0v) is 9.77. The van der Waals surface area contributed by atoms with E-state index >= 15 is 0 Å². The quantitative estimate of drug-likeness (QED) is 0.731. The van der Waals surface area contributed by atoms with Crippen molar-refractivity contribution in [3.05, 3.63) is 30.1 Å². The van der Waals surface area contributed by atoms with Crippen LogP contribution in [0.3, 0.4) is 0 Å². The van der Waals surface area contributed by atoms with Gasteiger partial charge < -0.3 is 4.74 Å². The van der Waals surface area contributed by atoms with Gasteiger partial charge in [0.05, 0.1) is 5.69 Å². The van der Waals surface area contributed by atoms with E-state index in [1.807, 2.05) is 18.2 Å². The van der Waals surface area contributed by atoms with Crippen molar-refractivity contribution in [2.24, 2.45) is 5.92 Å². The first kappa shape index (κ1) is 11.1. The molecule has 86 valence electrons. The number of hydrogen-bond donors (Lipinski definition) is 0. The highest BCUT2D eigenvalue weighted by Crippen LogP contribution is 2.49. The number of nitrogens with zero attached hydrogens (tertiary/aromatic N) is 1. The van der Waals surface area contributed by atoms with Crippen molar-refractivity contribution in [3.63, 3.8) is 0 Å². The molecule has 1 heterocycles. The lowest BCUT2D eigenvalue weighted by molar-refractivity contribution is -0.162. The Hall–Kier alpha value is -1.38. The minimum Gasteiger partial charge on any atom is -0.452 e. The smallest absolute Gasteiger partial charge is 0.303 e. The van der Waals surface area contributed by atoms with Gasteiger partial charge in [-0.1, -0.05) is 13.0 Å². The maximum absolute atomic E-state index is 11.3. The monoisotopic (exact) mass is 219 g/mol. The van der Waals surface area contributed by atoms with Crippen LogP contribution in [0.15, 0.2) is 24.4 Å². The lowest BCUT2D eigenvalue weighted by atomic mass is 9.89. The summed E-state index contributed by atoms with van der Waals surface area (Å²) in [5.41, 5.74) is 0.391. The average molecular weight is 219 g/mol. The molecule has 1 aromatic rings. The first-order valence-corrected chi connectivity index (χ1v) is 5.80. The Morgan fingerprint density at radius 1 is 1.56 bits per heavy atom. The van der Waals surface area contributed by atoms with Gasteiger partial charge in [-0.05, 0) is 31.4 Å². The molecule has 0 spiro atoms. The summed E-state index contributed by atoms with van der Waals surface area (Å²) in [6.07, 6.45) is 4.79. The maximum Gasteiger partial charge on any atom is 0.303 e. The zero-order valence-electron chi connectivity index (χ0n) is 9.77. The summed E-state index contributed by atoms with van der Waals surface area (Å²) in [5.74, 6) is 0.218. The van der Waals surface area contributed by atoms with Crippen molar-refractivity contribution in [1.82, 2.24) is 4.98 Å². The van der Waals surface area contributed by atoms with Crippen LogP contribution in [0.4, 0.5) is 0 Å². The lowest BCUT2D eigenvalue weighted by Crippen LogP contribution is -2.34. The van der Waals surface area contributed by atoms with Gasteiger partial charge in [0, 0.05) is 19.0 Å². The van der Waals surface area contributed by atoms with Crippen molar-refractivity contribution in [3.8, 4) is 0 Å². The fourth-order valence-electron chi connectivity index (χ4n) is 2.31. The second kappa shape index (κ2) is 4.24. The van der Waals surface area contributed by atoms with Crippen LogP contribution >= 0.6 is 0 Å². The molecule has 1 unspecified atom stereocenters. The molecule has 0 radical (unpaired) electrons. The number of hydrogen-bond acceptors (Lipinski definition) is 3. The Balaban J connectivity index is 2.36. The van der Waals surface area contributed by atoms with Crippen LogP contribution in [0.2, 0.25) is 0 Å². The Morgan fingerprint density at radius 3 is 2.75 bits per heavy atom. The van der Waals surface area contributed by atoms with Crippen LogP contribution in [-0.4, -0.2) is 11.0 Å². The molecule has 2 rings (SSSR count). The minimum atomic E-state index is -0.493. The predicted molar refractivity (Wildman–Crippen MR) is 60.7 cm³/mol. The summed E-state index contributed by atoms with van der Waals surface area (Å²) in [5, 5.41) is 0. The fourth-order valence-corrected chi connectivity index (χ4v) is 2.31. The van der Waals surface area contributed by atoms with Crippen LogP contribution in [-0.2, 0) is 15.1 Å². The number of carbonyl (C=O) groups excluding carboxylic acids is 1. The molecule has 3 nitrogen and oxygen atoms in total. The molecule has 3 heteroatoms. The summed E-state index contributed by atoms with van der Waals surface area (Å²) in [6.45, 7) is 3.52. The number of ether oxygens (including phenoxy) is 1. The summed E-state index contributed by atoms with van der Waals surface area (Å²) < 4.78 is 5.60. The third-order valence-corrected chi connectivity index (χ3v) is 3.19. The number of rotatable bonds is 4. The van der Waals surface area contributed by atoms with Gasteiger partial charge in [0.2, 0.25) is 0 Å². The second-order valence-electron chi connectivity index (χ2n) is 4.33. The molecule has 0 saturated heterocycles. The van der Waals surface area contributed by atoms with Gasteiger partial charge >= 0.3 is 5.97 Å². The maximum atomic E-state index is 11.3. The van der Waals surface area contributed by atoms with Crippen LogP contribution < -0.4 is 0 Å². The highest BCUT2D eigenvalue weighted by atomic mass is 16.6. The first-order valence-electron chi connectivity index (χ1n) is 5.80. The van der Waals surface area contributed by atoms with E-state index in [0.717, 1.165) is 25.0 Å². The predicted octanol–water partition coefficient (Wildman–Crippen LogP) is 2.66. The molecular formula is C13H17NO2. The minimum absolute atomic E-state index is 0.223. The van der Waals surface area contributed by atoms with E-state index in [2.05, 4.69) is 11.9 Å². The SMILES string of the molecule is CCC(OC(C)=O)(c1ccccn1)C1CC1. The van der Waals surface area contributed by atoms with E-state index in [0.29, 0.717) is 5.92 Å². The molecule has 16 heavy (non-hydrogen) atoms.